The third-order valence-electron chi connectivity index (χ3n) is 3.81. The van der Waals surface area contributed by atoms with Crippen molar-refractivity contribution in [2.24, 2.45) is 0 Å². The van der Waals surface area contributed by atoms with Gasteiger partial charge in [-0.15, -0.1) is 11.3 Å². The summed E-state index contributed by atoms with van der Waals surface area (Å²) in [6.07, 6.45) is 0. The molecule has 0 saturated carbocycles. The molecule has 0 aliphatic rings. The van der Waals surface area contributed by atoms with E-state index >= 15 is 0 Å². The maximum atomic E-state index is 5.92. The van der Waals surface area contributed by atoms with Crippen molar-refractivity contribution in [2.45, 2.75) is 6.54 Å². The van der Waals surface area contributed by atoms with Gasteiger partial charge in [0.05, 0.1) is 23.4 Å². The highest BCUT2D eigenvalue weighted by Crippen LogP contribution is 2.30. The lowest BCUT2D eigenvalue weighted by atomic mass is 10.3. The summed E-state index contributed by atoms with van der Waals surface area (Å²) in [7, 11) is 3.82. The third kappa shape index (κ3) is 4.42. The largest absolute Gasteiger partial charge is 0.457 e. The number of benzene rings is 1. The number of furan rings is 1. The Morgan fingerprint density at radius 3 is 2.92 bits per heavy atom. The van der Waals surface area contributed by atoms with E-state index in [2.05, 4.69) is 28.3 Å². The Bertz CT molecular complexity index is 735. The highest BCUT2D eigenvalue weighted by atomic mass is 32.1. The number of nitrogens with one attached hydrogen (secondary N) is 1. The number of hydrogen-bond acceptors (Lipinski definition) is 6. The monoisotopic (exact) mass is 345 g/mol. The summed E-state index contributed by atoms with van der Waals surface area (Å²) in [5.41, 5.74) is 1.02. The second kappa shape index (κ2) is 8.39. The molecule has 24 heavy (non-hydrogen) atoms. The number of para-hydroxylation sites is 1. The number of hydrogen-bond donors (Lipinski definition) is 1. The summed E-state index contributed by atoms with van der Waals surface area (Å²) in [5.74, 6) is 1.77. The van der Waals surface area contributed by atoms with Gasteiger partial charge in [0.1, 0.15) is 5.76 Å². The Morgan fingerprint density at radius 2 is 2.08 bits per heavy atom. The fourth-order valence-corrected chi connectivity index (χ4v) is 3.33. The second-order valence-electron chi connectivity index (χ2n) is 5.73. The second-order valence-corrected chi connectivity index (χ2v) is 6.76. The molecule has 0 saturated heterocycles. The van der Waals surface area contributed by atoms with Crippen LogP contribution in [0.1, 0.15) is 5.76 Å². The molecule has 0 bridgehead atoms. The first-order valence-corrected chi connectivity index (χ1v) is 8.91. The fourth-order valence-electron chi connectivity index (χ4n) is 2.41. The van der Waals surface area contributed by atoms with E-state index in [1.54, 1.807) is 18.4 Å². The van der Waals surface area contributed by atoms with Crippen LogP contribution in [0.3, 0.4) is 0 Å². The van der Waals surface area contributed by atoms with E-state index < -0.39 is 0 Å². The third-order valence-corrected chi connectivity index (χ3v) is 4.86. The van der Waals surface area contributed by atoms with Crippen LogP contribution in [-0.2, 0) is 11.3 Å². The van der Waals surface area contributed by atoms with E-state index in [4.69, 9.17) is 9.15 Å². The van der Waals surface area contributed by atoms with Crippen LogP contribution in [0, 0.1) is 0 Å². The summed E-state index contributed by atoms with van der Waals surface area (Å²) in [6.45, 7) is 4.33. The summed E-state index contributed by atoms with van der Waals surface area (Å²) < 4.78 is 12.2. The van der Waals surface area contributed by atoms with Crippen LogP contribution >= 0.6 is 11.3 Å². The van der Waals surface area contributed by atoms with E-state index in [-0.39, 0.29) is 0 Å². The van der Waals surface area contributed by atoms with E-state index in [1.807, 2.05) is 30.3 Å². The Balaban J connectivity index is 1.50. The number of likely N-dealkylation sites (N-methyl/N-ethyl adjacent to an activating group) is 1. The highest BCUT2D eigenvalue weighted by Gasteiger charge is 2.10. The quantitative estimate of drug-likeness (QED) is 0.604. The molecule has 6 heteroatoms. The van der Waals surface area contributed by atoms with Crippen molar-refractivity contribution in [1.29, 1.82) is 0 Å². The molecule has 0 atom stereocenters. The van der Waals surface area contributed by atoms with Gasteiger partial charge in [0.15, 0.2) is 10.8 Å². The first-order valence-electron chi connectivity index (χ1n) is 8.09. The predicted molar refractivity (Wildman–Crippen MR) is 98.4 cm³/mol. The van der Waals surface area contributed by atoms with Crippen molar-refractivity contribution in [1.82, 2.24) is 15.2 Å². The van der Waals surface area contributed by atoms with Crippen LogP contribution in [-0.4, -0.2) is 50.3 Å². The molecule has 0 aliphatic carbocycles. The number of ether oxygens (including phenoxy) is 1. The zero-order valence-electron chi connectivity index (χ0n) is 14.1. The van der Waals surface area contributed by atoms with Crippen molar-refractivity contribution in [3.8, 4) is 10.8 Å². The van der Waals surface area contributed by atoms with E-state index in [0.717, 1.165) is 54.8 Å². The molecular weight excluding hydrogens is 322 g/mol. The zero-order valence-corrected chi connectivity index (χ0v) is 14.9. The van der Waals surface area contributed by atoms with E-state index in [9.17, 15) is 0 Å². The molecule has 0 unspecified atom stereocenters. The van der Waals surface area contributed by atoms with Crippen molar-refractivity contribution < 1.29 is 9.15 Å². The van der Waals surface area contributed by atoms with Gasteiger partial charge in [-0.25, -0.2) is 4.98 Å². The minimum atomic E-state index is 0.725. The molecule has 128 valence electrons. The topological polar surface area (TPSA) is 50.5 Å². The van der Waals surface area contributed by atoms with Gasteiger partial charge in [-0.3, -0.25) is 0 Å². The van der Waals surface area contributed by atoms with E-state index in [1.165, 1.54) is 4.70 Å². The van der Waals surface area contributed by atoms with Gasteiger partial charge in [-0.05, 0) is 31.3 Å². The molecule has 0 spiro atoms. The summed E-state index contributed by atoms with van der Waals surface area (Å²) >= 11 is 1.66. The SMILES string of the molecule is COCCN(C)CCNCc1ccc(-c2nc3ccccc3s2)o1. The van der Waals surface area contributed by atoms with Crippen LogP contribution in [0.15, 0.2) is 40.8 Å². The standard InChI is InChI=1S/C18H23N3O2S/c1-21(11-12-22-2)10-9-19-13-14-7-8-16(23-14)18-20-15-5-3-4-6-17(15)24-18/h3-8,19H,9-13H2,1-2H3. The molecule has 3 aromatic rings. The average molecular weight is 345 g/mol. The number of aromatic nitrogens is 1. The molecule has 0 fully saturated rings. The number of methoxy groups -OCH3 is 1. The first kappa shape index (κ1) is 17.1. The molecule has 5 nitrogen and oxygen atoms in total. The Morgan fingerprint density at radius 1 is 1.21 bits per heavy atom. The maximum Gasteiger partial charge on any atom is 0.163 e. The molecule has 2 heterocycles. The fraction of sp³-hybridized carbons (Fsp3) is 0.389. The first-order chi connectivity index (χ1) is 11.8. The molecule has 1 aromatic carbocycles. The van der Waals surface area contributed by atoms with E-state index in [0.29, 0.717) is 0 Å². The number of rotatable bonds is 9. The highest BCUT2D eigenvalue weighted by molar-refractivity contribution is 7.21. The molecule has 0 aliphatic heterocycles. The van der Waals surface area contributed by atoms with Gasteiger partial charge < -0.3 is 19.4 Å². The average Bonchev–Trinajstić information content (AvgIpc) is 3.23. The number of fused-ring (bicyclic) bond motifs is 1. The molecular formula is C18H23N3O2S. The van der Waals surface area contributed by atoms with Crippen LogP contribution in [0.4, 0.5) is 0 Å². The van der Waals surface area contributed by atoms with Gasteiger partial charge in [-0.2, -0.15) is 0 Å². The molecule has 1 N–H and O–H groups in total. The van der Waals surface area contributed by atoms with Gasteiger partial charge in [0, 0.05) is 26.7 Å². The van der Waals surface area contributed by atoms with Crippen molar-refractivity contribution in [3.05, 3.63) is 42.2 Å². The van der Waals surface area contributed by atoms with Crippen LogP contribution in [0.5, 0.6) is 0 Å². The van der Waals surface area contributed by atoms with Gasteiger partial charge in [0.25, 0.3) is 0 Å². The molecule has 0 amide bonds. The number of nitrogens with zero attached hydrogens (tertiary/aromatic N) is 2. The Hall–Kier alpha value is -1.73. The summed E-state index contributed by atoms with van der Waals surface area (Å²) in [4.78, 5) is 6.87. The maximum absolute atomic E-state index is 5.92. The van der Waals surface area contributed by atoms with Gasteiger partial charge in [0.2, 0.25) is 0 Å². The van der Waals surface area contributed by atoms with Crippen LogP contribution < -0.4 is 5.32 Å². The van der Waals surface area contributed by atoms with Crippen molar-refractivity contribution >= 4 is 21.6 Å². The lowest BCUT2D eigenvalue weighted by Gasteiger charge is -2.15. The van der Waals surface area contributed by atoms with Gasteiger partial charge in [-0.1, -0.05) is 12.1 Å². The lowest BCUT2D eigenvalue weighted by Crippen LogP contribution is -2.31. The van der Waals surface area contributed by atoms with Crippen LogP contribution in [0.2, 0.25) is 0 Å². The van der Waals surface area contributed by atoms with Gasteiger partial charge >= 0.3 is 0 Å². The predicted octanol–water partition coefficient (Wildman–Crippen LogP) is 3.22. The normalized spacial score (nSPS) is 11.6. The smallest absolute Gasteiger partial charge is 0.163 e. The van der Waals surface area contributed by atoms with Crippen LogP contribution in [0.25, 0.3) is 21.0 Å². The summed E-state index contributed by atoms with van der Waals surface area (Å²) in [6, 6.07) is 12.2. The zero-order chi connectivity index (χ0) is 16.8. The Kier molecular flexibility index (Phi) is 5.98. The summed E-state index contributed by atoms with van der Waals surface area (Å²) in [5, 5.41) is 4.34. The lowest BCUT2D eigenvalue weighted by molar-refractivity contribution is 0.161. The molecule has 0 radical (unpaired) electrons. The number of thiazole rings is 1. The molecule has 3 rings (SSSR count). The molecule has 2 aromatic heterocycles. The minimum absolute atomic E-state index is 0.725. The van der Waals surface area contributed by atoms with Crippen molar-refractivity contribution in [3.63, 3.8) is 0 Å². The van der Waals surface area contributed by atoms with Crippen molar-refractivity contribution in [2.75, 3.05) is 40.4 Å². The Labute approximate surface area is 146 Å². The minimum Gasteiger partial charge on any atom is -0.457 e.